The molecule has 0 fully saturated rings. The van der Waals surface area contributed by atoms with Crippen molar-refractivity contribution in [3.63, 3.8) is 0 Å². The van der Waals surface area contributed by atoms with Gasteiger partial charge in [0, 0.05) is 28.4 Å². The van der Waals surface area contributed by atoms with Crippen molar-refractivity contribution in [3.8, 4) is 17.2 Å². The molecule has 0 unspecified atom stereocenters. The van der Waals surface area contributed by atoms with Crippen LogP contribution in [0.4, 0.5) is 13.2 Å². The van der Waals surface area contributed by atoms with Crippen molar-refractivity contribution in [2.24, 2.45) is 0 Å². The first-order valence-electron chi connectivity index (χ1n) is 11.4. The average molecular weight is 532 g/mol. The van der Waals surface area contributed by atoms with Crippen molar-refractivity contribution in [1.82, 2.24) is 4.98 Å². The molecule has 2 heterocycles. The number of benzene rings is 3. The number of aromatic nitrogens is 1. The van der Waals surface area contributed by atoms with E-state index < -0.39 is 17.7 Å². The predicted molar refractivity (Wildman–Crippen MR) is 130 cm³/mol. The Balaban J connectivity index is 1.45. The van der Waals surface area contributed by atoms with Gasteiger partial charge in [0.05, 0.1) is 12.2 Å². The number of rotatable bonds is 7. The van der Waals surface area contributed by atoms with Gasteiger partial charge in [0.15, 0.2) is 11.5 Å². The second-order valence-electron chi connectivity index (χ2n) is 8.36. The normalized spacial score (nSPS) is 12.7. The Kier molecular flexibility index (Phi) is 6.64. The van der Waals surface area contributed by atoms with Crippen molar-refractivity contribution >= 4 is 28.5 Å². The minimum atomic E-state index is -4.40. The Morgan fingerprint density at radius 2 is 1.78 bits per heavy atom. The van der Waals surface area contributed by atoms with Crippen LogP contribution < -0.4 is 14.2 Å². The number of hydrogen-bond acceptors (Lipinski definition) is 5. The zero-order valence-electron chi connectivity index (χ0n) is 19.6. The third-order valence-corrected chi connectivity index (χ3v) is 6.30. The molecule has 10 heteroatoms. The van der Waals surface area contributed by atoms with Crippen molar-refractivity contribution < 1.29 is 36.9 Å². The molecule has 0 atom stereocenters. The second-order valence-corrected chi connectivity index (χ2v) is 8.77. The standard InChI is InChI=1S/C27H21ClF3NO5/c1-2-34-26(33)25-20(9-16-10-23-24(12-21(16)28)37-14-36-23)19-11-18(7-8-22(19)32-25)35-13-15-3-5-17(6-4-15)27(29,30)31/h3-8,10-12,32H,2,9,13-14H2,1H3. The Hall–Kier alpha value is -3.85. The monoisotopic (exact) mass is 531 g/mol. The first-order chi connectivity index (χ1) is 17.7. The molecule has 5 rings (SSSR count). The largest absolute Gasteiger partial charge is 0.489 e. The molecule has 0 aliphatic carbocycles. The van der Waals surface area contributed by atoms with Crippen LogP contribution in [0.2, 0.25) is 5.02 Å². The van der Waals surface area contributed by atoms with Gasteiger partial charge < -0.3 is 23.9 Å². The van der Waals surface area contributed by atoms with E-state index in [9.17, 15) is 18.0 Å². The molecule has 1 aliphatic heterocycles. The molecule has 0 bridgehead atoms. The molecule has 1 N–H and O–H groups in total. The number of halogens is 4. The molecule has 1 aromatic heterocycles. The lowest BCUT2D eigenvalue weighted by Crippen LogP contribution is -2.08. The Morgan fingerprint density at radius 1 is 1.05 bits per heavy atom. The number of H-pyrrole nitrogens is 1. The van der Waals surface area contributed by atoms with E-state index in [0.29, 0.717) is 51.0 Å². The van der Waals surface area contributed by atoms with Crippen LogP contribution >= 0.6 is 11.6 Å². The van der Waals surface area contributed by atoms with Gasteiger partial charge in [-0.15, -0.1) is 0 Å². The van der Waals surface area contributed by atoms with Crippen LogP contribution in [0.3, 0.4) is 0 Å². The summed E-state index contributed by atoms with van der Waals surface area (Å²) in [6.07, 6.45) is -4.10. The Labute approximate surface area is 214 Å². The summed E-state index contributed by atoms with van der Waals surface area (Å²) in [5, 5.41) is 1.19. The molecule has 0 radical (unpaired) electrons. The van der Waals surface area contributed by atoms with E-state index in [0.717, 1.165) is 23.1 Å². The van der Waals surface area contributed by atoms with Gasteiger partial charge in [-0.05, 0) is 60.0 Å². The third-order valence-electron chi connectivity index (χ3n) is 5.95. The van der Waals surface area contributed by atoms with Crippen LogP contribution in [-0.4, -0.2) is 24.4 Å². The molecule has 0 saturated carbocycles. The summed E-state index contributed by atoms with van der Waals surface area (Å²) >= 11 is 6.50. The minimum absolute atomic E-state index is 0.0716. The fraction of sp³-hybridized carbons (Fsp3) is 0.222. The molecule has 37 heavy (non-hydrogen) atoms. The Morgan fingerprint density at radius 3 is 2.49 bits per heavy atom. The van der Waals surface area contributed by atoms with Gasteiger partial charge in [0.2, 0.25) is 6.79 Å². The van der Waals surface area contributed by atoms with Crippen LogP contribution in [0.25, 0.3) is 10.9 Å². The van der Waals surface area contributed by atoms with Gasteiger partial charge in [0.25, 0.3) is 0 Å². The minimum Gasteiger partial charge on any atom is -0.489 e. The second kappa shape index (κ2) is 9.89. The molecule has 3 aromatic carbocycles. The molecular formula is C27H21ClF3NO5. The summed E-state index contributed by atoms with van der Waals surface area (Å²) in [6, 6.07) is 13.5. The van der Waals surface area contributed by atoms with Crippen LogP contribution in [-0.2, 0) is 23.9 Å². The predicted octanol–water partition coefficient (Wildman–Crippen LogP) is 6.92. The van der Waals surface area contributed by atoms with Crippen molar-refractivity contribution in [2.75, 3.05) is 13.4 Å². The first-order valence-corrected chi connectivity index (χ1v) is 11.8. The van der Waals surface area contributed by atoms with Gasteiger partial charge in [0.1, 0.15) is 18.1 Å². The van der Waals surface area contributed by atoms with Crippen LogP contribution in [0, 0.1) is 0 Å². The van der Waals surface area contributed by atoms with Crippen LogP contribution in [0.15, 0.2) is 54.6 Å². The molecule has 1 aliphatic rings. The van der Waals surface area contributed by atoms with Crippen molar-refractivity contribution in [1.29, 1.82) is 0 Å². The maximum Gasteiger partial charge on any atom is 0.416 e. The van der Waals surface area contributed by atoms with Crippen LogP contribution in [0.1, 0.15) is 39.7 Å². The highest BCUT2D eigenvalue weighted by atomic mass is 35.5. The van der Waals surface area contributed by atoms with E-state index >= 15 is 0 Å². The molecule has 0 spiro atoms. The number of esters is 1. The number of carbonyl (C=O) groups is 1. The lowest BCUT2D eigenvalue weighted by atomic mass is 10.0. The maximum atomic E-state index is 12.8. The highest BCUT2D eigenvalue weighted by Crippen LogP contribution is 2.39. The highest BCUT2D eigenvalue weighted by Gasteiger charge is 2.30. The number of aromatic amines is 1. The maximum absolute atomic E-state index is 12.8. The lowest BCUT2D eigenvalue weighted by molar-refractivity contribution is -0.137. The van der Waals surface area contributed by atoms with Gasteiger partial charge in [-0.2, -0.15) is 13.2 Å². The van der Waals surface area contributed by atoms with E-state index in [1.165, 1.54) is 12.1 Å². The van der Waals surface area contributed by atoms with Crippen LogP contribution in [0.5, 0.6) is 17.2 Å². The summed E-state index contributed by atoms with van der Waals surface area (Å²) in [7, 11) is 0. The smallest absolute Gasteiger partial charge is 0.416 e. The number of nitrogens with one attached hydrogen (secondary N) is 1. The summed E-state index contributed by atoms with van der Waals surface area (Å²) < 4.78 is 60.4. The third kappa shape index (κ3) is 5.17. The zero-order chi connectivity index (χ0) is 26.2. The molecule has 0 amide bonds. The number of fused-ring (bicyclic) bond motifs is 2. The molecule has 6 nitrogen and oxygen atoms in total. The molecule has 4 aromatic rings. The quantitative estimate of drug-likeness (QED) is 0.262. The summed E-state index contributed by atoms with van der Waals surface area (Å²) in [5.41, 5.74) is 2.25. The van der Waals surface area contributed by atoms with E-state index in [-0.39, 0.29) is 20.0 Å². The van der Waals surface area contributed by atoms with E-state index in [4.69, 9.17) is 30.5 Å². The summed E-state index contributed by atoms with van der Waals surface area (Å²) in [4.78, 5) is 15.9. The first kappa shape index (κ1) is 24.8. The fourth-order valence-electron chi connectivity index (χ4n) is 4.12. The number of alkyl halides is 3. The van der Waals surface area contributed by atoms with Gasteiger partial charge in [-0.25, -0.2) is 4.79 Å². The number of hydrogen-bond donors (Lipinski definition) is 1. The number of ether oxygens (including phenoxy) is 4. The average Bonchev–Trinajstić information content (AvgIpc) is 3.47. The van der Waals surface area contributed by atoms with Gasteiger partial charge in [-0.3, -0.25) is 0 Å². The highest BCUT2D eigenvalue weighted by molar-refractivity contribution is 6.31. The lowest BCUT2D eigenvalue weighted by Gasteiger charge is -2.10. The van der Waals surface area contributed by atoms with Gasteiger partial charge in [-0.1, -0.05) is 23.7 Å². The molecular weight excluding hydrogens is 511 g/mol. The summed E-state index contributed by atoms with van der Waals surface area (Å²) in [5.74, 6) is 1.10. The van der Waals surface area contributed by atoms with Crippen molar-refractivity contribution in [2.45, 2.75) is 26.1 Å². The number of carbonyl (C=O) groups excluding carboxylic acids is 1. The summed E-state index contributed by atoms with van der Waals surface area (Å²) in [6.45, 7) is 2.11. The van der Waals surface area contributed by atoms with E-state index in [1.54, 1.807) is 37.3 Å². The van der Waals surface area contributed by atoms with E-state index in [1.807, 2.05) is 0 Å². The van der Waals surface area contributed by atoms with Gasteiger partial charge >= 0.3 is 12.1 Å². The van der Waals surface area contributed by atoms with E-state index in [2.05, 4.69) is 4.98 Å². The molecule has 192 valence electrons. The topological polar surface area (TPSA) is 69.8 Å². The Bertz CT molecular complexity index is 1460. The molecule has 0 saturated heterocycles. The SMILES string of the molecule is CCOC(=O)c1[nH]c2ccc(OCc3ccc(C(F)(F)F)cc3)cc2c1Cc1cc2c(cc1Cl)OCO2. The zero-order valence-corrected chi connectivity index (χ0v) is 20.3. The fourth-order valence-corrected chi connectivity index (χ4v) is 4.34. The van der Waals surface area contributed by atoms with Crippen molar-refractivity contribution in [3.05, 3.63) is 87.6 Å².